The van der Waals surface area contributed by atoms with E-state index in [-0.39, 0.29) is 22.6 Å². The van der Waals surface area contributed by atoms with E-state index in [2.05, 4.69) is 24.5 Å². The Morgan fingerprint density at radius 1 is 1.07 bits per heavy atom. The molecule has 0 saturated heterocycles. The number of hydrogen-bond donors (Lipinski definition) is 2. The molecule has 1 unspecified atom stereocenters. The molecule has 2 aromatic carbocycles. The zero-order valence-corrected chi connectivity index (χ0v) is 16.4. The summed E-state index contributed by atoms with van der Waals surface area (Å²) in [6.45, 7) is 6.16. The fourth-order valence-electron chi connectivity index (χ4n) is 2.61. The highest BCUT2D eigenvalue weighted by Gasteiger charge is 2.16. The van der Waals surface area contributed by atoms with Gasteiger partial charge in [-0.05, 0) is 54.7 Å². The smallest absolute Gasteiger partial charge is 0.269 e. The number of carbonyl (C=O) groups excluding carboxylic acids is 1. The Labute approximate surface area is 164 Å². The first-order valence-electron chi connectivity index (χ1n) is 8.71. The largest absolute Gasteiger partial charge is 0.332 e. The van der Waals surface area contributed by atoms with Crippen molar-refractivity contribution in [2.24, 2.45) is 5.92 Å². The number of hydrogen-bond acceptors (Lipinski definition) is 4. The van der Waals surface area contributed by atoms with E-state index in [0.29, 0.717) is 11.6 Å². The molecule has 0 aliphatic heterocycles. The lowest BCUT2D eigenvalue weighted by Gasteiger charge is -2.15. The summed E-state index contributed by atoms with van der Waals surface area (Å²) in [5.41, 5.74) is 2.72. The SMILES string of the molecule is CC(C)Cc1ccc(C(C)C(=O)NC(=S)Nc2ccc([N+](=O)[O-])cc2)cc1. The minimum Gasteiger partial charge on any atom is -0.332 e. The van der Waals surface area contributed by atoms with Crippen molar-refractivity contribution in [3.8, 4) is 0 Å². The Morgan fingerprint density at radius 3 is 2.19 bits per heavy atom. The molecule has 0 radical (unpaired) electrons. The first-order chi connectivity index (χ1) is 12.8. The van der Waals surface area contributed by atoms with Crippen molar-refractivity contribution in [1.29, 1.82) is 0 Å². The summed E-state index contributed by atoms with van der Waals surface area (Å²) in [6.07, 6.45) is 1.00. The topological polar surface area (TPSA) is 84.3 Å². The van der Waals surface area contributed by atoms with E-state index in [1.165, 1.54) is 29.8 Å². The van der Waals surface area contributed by atoms with Gasteiger partial charge in [0.1, 0.15) is 0 Å². The van der Waals surface area contributed by atoms with Gasteiger partial charge in [-0.3, -0.25) is 14.9 Å². The van der Waals surface area contributed by atoms with Gasteiger partial charge in [0.2, 0.25) is 5.91 Å². The molecule has 7 heteroatoms. The molecular weight excluding hydrogens is 362 g/mol. The molecule has 1 atom stereocenters. The van der Waals surface area contributed by atoms with Crippen LogP contribution in [0.2, 0.25) is 0 Å². The van der Waals surface area contributed by atoms with Crippen molar-refractivity contribution in [3.63, 3.8) is 0 Å². The second kappa shape index (κ2) is 9.23. The second-order valence-electron chi connectivity index (χ2n) is 6.81. The molecule has 1 amide bonds. The van der Waals surface area contributed by atoms with Crippen LogP contribution < -0.4 is 10.6 Å². The van der Waals surface area contributed by atoms with Crippen molar-refractivity contribution in [3.05, 3.63) is 69.8 Å². The van der Waals surface area contributed by atoms with Crippen molar-refractivity contribution < 1.29 is 9.72 Å². The van der Waals surface area contributed by atoms with Crippen molar-refractivity contribution in [2.45, 2.75) is 33.1 Å². The Kier molecular flexibility index (Phi) is 7.01. The first-order valence-corrected chi connectivity index (χ1v) is 9.12. The fourth-order valence-corrected chi connectivity index (χ4v) is 2.83. The van der Waals surface area contributed by atoms with Crippen molar-refractivity contribution in [1.82, 2.24) is 5.32 Å². The number of nitrogens with one attached hydrogen (secondary N) is 2. The lowest BCUT2D eigenvalue weighted by atomic mass is 9.96. The molecule has 0 saturated carbocycles. The zero-order valence-electron chi connectivity index (χ0n) is 15.6. The third kappa shape index (κ3) is 6.14. The first kappa shape index (κ1) is 20.5. The number of rotatable bonds is 6. The number of nitro benzene ring substituents is 1. The van der Waals surface area contributed by atoms with Crippen molar-refractivity contribution in [2.75, 3.05) is 5.32 Å². The van der Waals surface area contributed by atoms with Gasteiger partial charge in [0, 0.05) is 17.8 Å². The molecule has 2 aromatic rings. The molecule has 2 N–H and O–H groups in total. The summed E-state index contributed by atoms with van der Waals surface area (Å²) in [7, 11) is 0. The molecule has 0 bridgehead atoms. The second-order valence-corrected chi connectivity index (χ2v) is 7.22. The highest BCUT2D eigenvalue weighted by atomic mass is 32.1. The molecule has 27 heavy (non-hydrogen) atoms. The number of benzene rings is 2. The molecule has 0 aromatic heterocycles. The molecule has 0 aliphatic rings. The summed E-state index contributed by atoms with van der Waals surface area (Å²) in [4.78, 5) is 22.6. The third-order valence-electron chi connectivity index (χ3n) is 4.09. The summed E-state index contributed by atoms with van der Waals surface area (Å²) in [5, 5.41) is 16.3. The molecule has 0 heterocycles. The van der Waals surface area contributed by atoms with Gasteiger partial charge >= 0.3 is 0 Å². The average Bonchev–Trinajstić information content (AvgIpc) is 2.61. The van der Waals surface area contributed by atoms with Crippen LogP contribution in [0.1, 0.15) is 37.8 Å². The summed E-state index contributed by atoms with van der Waals surface area (Å²) in [6, 6.07) is 13.8. The fraction of sp³-hybridized carbons (Fsp3) is 0.300. The minimum atomic E-state index is -0.474. The number of anilines is 1. The van der Waals surface area contributed by atoms with Crippen LogP contribution in [-0.2, 0) is 11.2 Å². The number of amides is 1. The zero-order chi connectivity index (χ0) is 20.0. The number of nitro groups is 1. The summed E-state index contributed by atoms with van der Waals surface area (Å²) < 4.78 is 0. The molecule has 0 aliphatic carbocycles. The van der Waals surface area contributed by atoms with Gasteiger partial charge in [0.05, 0.1) is 10.8 Å². The molecule has 142 valence electrons. The standard InChI is InChI=1S/C20H23N3O3S/c1-13(2)12-15-4-6-16(7-5-15)14(3)19(24)22-20(27)21-17-8-10-18(11-9-17)23(25)26/h4-11,13-14H,12H2,1-3H3,(H2,21,22,24,27). The maximum Gasteiger partial charge on any atom is 0.269 e. The highest BCUT2D eigenvalue weighted by Crippen LogP contribution is 2.18. The van der Waals surface area contributed by atoms with Crippen LogP contribution in [0.3, 0.4) is 0 Å². The average molecular weight is 385 g/mol. The van der Waals surface area contributed by atoms with Crippen molar-refractivity contribution >= 4 is 34.6 Å². The minimum absolute atomic E-state index is 0.00922. The van der Waals surface area contributed by atoms with Crippen LogP contribution >= 0.6 is 12.2 Å². The van der Waals surface area contributed by atoms with E-state index in [9.17, 15) is 14.9 Å². The predicted octanol–water partition coefficient (Wildman–Crippen LogP) is 4.41. The van der Waals surface area contributed by atoms with E-state index in [0.717, 1.165) is 12.0 Å². The van der Waals surface area contributed by atoms with Gasteiger partial charge in [-0.2, -0.15) is 0 Å². The maximum absolute atomic E-state index is 12.4. The van der Waals surface area contributed by atoms with Crippen LogP contribution in [0.5, 0.6) is 0 Å². The highest BCUT2D eigenvalue weighted by molar-refractivity contribution is 7.80. The van der Waals surface area contributed by atoms with Gasteiger partial charge in [-0.15, -0.1) is 0 Å². The monoisotopic (exact) mass is 385 g/mol. The molecule has 0 fully saturated rings. The summed E-state index contributed by atoms with van der Waals surface area (Å²) in [5.74, 6) is 0.0140. The molecule has 2 rings (SSSR count). The lowest BCUT2D eigenvalue weighted by Crippen LogP contribution is -2.36. The van der Waals surface area contributed by atoms with E-state index < -0.39 is 4.92 Å². The number of thiocarbonyl (C=S) groups is 1. The van der Waals surface area contributed by atoms with Gasteiger partial charge < -0.3 is 10.6 Å². The van der Waals surface area contributed by atoms with Crippen LogP contribution in [-0.4, -0.2) is 15.9 Å². The van der Waals surface area contributed by atoms with E-state index in [1.54, 1.807) is 0 Å². The number of non-ortho nitro benzene ring substituents is 1. The number of carbonyl (C=O) groups is 1. The molecular formula is C20H23N3O3S. The number of nitrogens with zero attached hydrogens (tertiary/aromatic N) is 1. The Bertz CT molecular complexity index is 817. The van der Waals surface area contributed by atoms with E-state index in [1.807, 2.05) is 31.2 Å². The van der Waals surface area contributed by atoms with Gasteiger partial charge in [0.15, 0.2) is 5.11 Å². The predicted molar refractivity (Wildman–Crippen MR) is 111 cm³/mol. The van der Waals surface area contributed by atoms with Crippen LogP contribution in [0.15, 0.2) is 48.5 Å². The van der Waals surface area contributed by atoms with E-state index in [4.69, 9.17) is 12.2 Å². The van der Waals surface area contributed by atoms with Crippen LogP contribution in [0.25, 0.3) is 0 Å². The Hall–Kier alpha value is -2.80. The normalized spacial score (nSPS) is 11.7. The van der Waals surface area contributed by atoms with Gasteiger partial charge in [-0.25, -0.2) is 0 Å². The lowest BCUT2D eigenvalue weighted by molar-refractivity contribution is -0.384. The van der Waals surface area contributed by atoms with E-state index >= 15 is 0 Å². The Morgan fingerprint density at radius 2 is 1.67 bits per heavy atom. The van der Waals surface area contributed by atoms with Crippen LogP contribution in [0, 0.1) is 16.0 Å². The molecule has 0 spiro atoms. The van der Waals surface area contributed by atoms with Gasteiger partial charge in [-0.1, -0.05) is 38.1 Å². The Balaban J connectivity index is 1.92. The third-order valence-corrected chi connectivity index (χ3v) is 4.29. The quantitative estimate of drug-likeness (QED) is 0.437. The maximum atomic E-state index is 12.4. The van der Waals surface area contributed by atoms with Gasteiger partial charge in [0.25, 0.3) is 5.69 Å². The molecule has 6 nitrogen and oxygen atoms in total. The summed E-state index contributed by atoms with van der Waals surface area (Å²) >= 11 is 5.16. The van der Waals surface area contributed by atoms with Crippen LogP contribution in [0.4, 0.5) is 11.4 Å².